The van der Waals surface area contributed by atoms with E-state index in [0.717, 1.165) is 57.6 Å². The molecule has 2 aromatic rings. The molecule has 0 aliphatic carbocycles. The average molecular weight is 395 g/mol. The van der Waals surface area contributed by atoms with Gasteiger partial charge in [0.05, 0.1) is 11.6 Å². The van der Waals surface area contributed by atoms with Crippen molar-refractivity contribution in [1.82, 2.24) is 15.5 Å². The molecule has 0 saturated carbocycles. The molecule has 1 aromatic heterocycles. The molecule has 0 spiro atoms. The number of hydrogen-bond donors (Lipinski definition) is 1. The van der Waals surface area contributed by atoms with Crippen molar-refractivity contribution >= 4 is 0 Å². The highest BCUT2D eigenvalue weighted by Gasteiger charge is 2.34. The maximum Gasteiger partial charge on any atom is 0.416 e. The lowest BCUT2D eigenvalue weighted by atomic mass is 9.97. The quantitative estimate of drug-likeness (QED) is 0.523. The van der Waals surface area contributed by atoms with E-state index in [-0.39, 0.29) is 11.9 Å². The second kappa shape index (κ2) is 9.54. The van der Waals surface area contributed by atoms with Crippen LogP contribution in [0.2, 0.25) is 0 Å². The van der Waals surface area contributed by atoms with Gasteiger partial charge in [0.2, 0.25) is 11.7 Å². The van der Waals surface area contributed by atoms with E-state index in [1.807, 2.05) is 0 Å². The molecule has 1 aliphatic rings. The minimum atomic E-state index is -4.40. The van der Waals surface area contributed by atoms with Crippen molar-refractivity contribution in [2.45, 2.75) is 76.9 Å². The normalized spacial score (nSPS) is 17.4. The first-order chi connectivity index (χ1) is 13.5. The Labute approximate surface area is 163 Å². The molecule has 4 nitrogen and oxygen atoms in total. The standard InChI is InChI=1S/C21H28F3N3O/c1-2-3-4-5-6-7-9-15-11-12-16(14-17(15)21(22,23)24)19-26-20(28-27-19)18-10-8-13-25-18/h11-12,14,18,25H,2-10,13H2,1H3. The minimum absolute atomic E-state index is 0.00434. The summed E-state index contributed by atoms with van der Waals surface area (Å²) in [6.07, 6.45) is 4.26. The second-order valence-corrected chi connectivity index (χ2v) is 7.49. The highest BCUT2D eigenvalue weighted by atomic mass is 19.4. The summed E-state index contributed by atoms with van der Waals surface area (Å²) in [5.41, 5.74) is 0.0869. The number of rotatable bonds is 9. The van der Waals surface area contributed by atoms with Gasteiger partial charge in [0.25, 0.3) is 0 Å². The van der Waals surface area contributed by atoms with E-state index in [2.05, 4.69) is 22.4 Å². The Morgan fingerprint density at radius 1 is 1.14 bits per heavy atom. The summed E-state index contributed by atoms with van der Waals surface area (Å²) in [5.74, 6) is 0.650. The summed E-state index contributed by atoms with van der Waals surface area (Å²) < 4.78 is 46.1. The fourth-order valence-corrected chi connectivity index (χ4v) is 3.68. The van der Waals surface area contributed by atoms with Gasteiger partial charge in [-0.05, 0) is 43.9 Å². The number of aromatic nitrogens is 2. The lowest BCUT2D eigenvalue weighted by molar-refractivity contribution is -0.138. The Kier molecular flexibility index (Phi) is 7.10. The third-order valence-corrected chi connectivity index (χ3v) is 5.27. The Balaban J connectivity index is 1.71. The molecule has 1 atom stereocenters. The molecule has 154 valence electrons. The fourth-order valence-electron chi connectivity index (χ4n) is 3.68. The molecule has 1 aromatic carbocycles. The zero-order chi connectivity index (χ0) is 20.0. The predicted molar refractivity (Wildman–Crippen MR) is 102 cm³/mol. The van der Waals surface area contributed by atoms with Crippen molar-refractivity contribution < 1.29 is 17.7 Å². The van der Waals surface area contributed by atoms with Crippen molar-refractivity contribution in [3.63, 3.8) is 0 Å². The summed E-state index contributed by atoms with van der Waals surface area (Å²) in [6.45, 7) is 3.03. The van der Waals surface area contributed by atoms with Gasteiger partial charge in [-0.2, -0.15) is 18.2 Å². The molecule has 1 fully saturated rings. The number of nitrogens with one attached hydrogen (secondary N) is 1. The molecular weight excluding hydrogens is 367 g/mol. The van der Waals surface area contributed by atoms with Crippen molar-refractivity contribution in [3.8, 4) is 11.4 Å². The number of alkyl halides is 3. The number of aryl methyl sites for hydroxylation is 1. The summed E-state index contributed by atoms with van der Waals surface area (Å²) in [6, 6.07) is 4.38. The predicted octanol–water partition coefficient (Wildman–Crippen LogP) is 6.08. The maximum atomic E-state index is 13.6. The smallest absolute Gasteiger partial charge is 0.337 e. The van der Waals surface area contributed by atoms with Crippen LogP contribution in [0.4, 0.5) is 13.2 Å². The molecule has 0 amide bonds. The molecule has 0 bridgehead atoms. The molecule has 1 N–H and O–H groups in total. The van der Waals surface area contributed by atoms with Gasteiger partial charge in [-0.15, -0.1) is 0 Å². The van der Waals surface area contributed by atoms with Crippen LogP contribution >= 0.6 is 0 Å². The Morgan fingerprint density at radius 3 is 2.64 bits per heavy atom. The second-order valence-electron chi connectivity index (χ2n) is 7.49. The van der Waals surface area contributed by atoms with Gasteiger partial charge in [-0.3, -0.25) is 0 Å². The number of halogens is 3. The Morgan fingerprint density at radius 2 is 1.93 bits per heavy atom. The maximum absolute atomic E-state index is 13.6. The highest BCUT2D eigenvalue weighted by molar-refractivity contribution is 5.57. The summed E-state index contributed by atoms with van der Waals surface area (Å²) >= 11 is 0. The van der Waals surface area contributed by atoms with Gasteiger partial charge >= 0.3 is 6.18 Å². The number of benzene rings is 1. The van der Waals surface area contributed by atoms with Gasteiger partial charge < -0.3 is 9.84 Å². The Bertz CT molecular complexity index is 752. The van der Waals surface area contributed by atoms with Crippen molar-refractivity contribution in [1.29, 1.82) is 0 Å². The number of nitrogens with zero attached hydrogens (tertiary/aromatic N) is 2. The molecular formula is C21H28F3N3O. The molecule has 28 heavy (non-hydrogen) atoms. The third-order valence-electron chi connectivity index (χ3n) is 5.27. The van der Waals surface area contributed by atoms with Crippen molar-refractivity contribution in [3.05, 3.63) is 35.2 Å². The van der Waals surface area contributed by atoms with E-state index in [9.17, 15) is 13.2 Å². The van der Waals surface area contributed by atoms with Crippen LogP contribution in [0.1, 0.15) is 81.3 Å². The van der Waals surface area contributed by atoms with Crippen molar-refractivity contribution in [2.24, 2.45) is 0 Å². The van der Waals surface area contributed by atoms with E-state index in [1.165, 1.54) is 6.42 Å². The lowest BCUT2D eigenvalue weighted by Gasteiger charge is -2.14. The molecule has 1 unspecified atom stereocenters. The van der Waals surface area contributed by atoms with Gasteiger partial charge in [0.1, 0.15) is 0 Å². The summed E-state index contributed by atoms with van der Waals surface area (Å²) in [4.78, 5) is 4.31. The number of unbranched alkanes of at least 4 members (excludes halogenated alkanes) is 5. The summed E-state index contributed by atoms with van der Waals surface area (Å²) in [7, 11) is 0. The van der Waals surface area contributed by atoms with Crippen LogP contribution in [0, 0.1) is 0 Å². The first-order valence-corrected chi connectivity index (χ1v) is 10.3. The van der Waals surface area contributed by atoms with Crippen LogP contribution in [0.15, 0.2) is 22.7 Å². The van der Waals surface area contributed by atoms with E-state index in [0.29, 0.717) is 23.4 Å². The van der Waals surface area contributed by atoms with Crippen LogP contribution in [0.25, 0.3) is 11.4 Å². The zero-order valence-corrected chi connectivity index (χ0v) is 16.3. The van der Waals surface area contributed by atoms with E-state index >= 15 is 0 Å². The largest absolute Gasteiger partial charge is 0.416 e. The monoisotopic (exact) mass is 395 g/mol. The minimum Gasteiger partial charge on any atom is -0.337 e. The van der Waals surface area contributed by atoms with Gasteiger partial charge in [-0.1, -0.05) is 56.3 Å². The van der Waals surface area contributed by atoms with Crippen LogP contribution in [-0.4, -0.2) is 16.7 Å². The molecule has 7 heteroatoms. The number of hydrogen-bond acceptors (Lipinski definition) is 4. The lowest BCUT2D eigenvalue weighted by Crippen LogP contribution is -2.13. The van der Waals surface area contributed by atoms with Crippen LogP contribution in [0.3, 0.4) is 0 Å². The van der Waals surface area contributed by atoms with Crippen LogP contribution < -0.4 is 5.32 Å². The highest BCUT2D eigenvalue weighted by Crippen LogP contribution is 2.35. The van der Waals surface area contributed by atoms with Crippen LogP contribution in [-0.2, 0) is 12.6 Å². The molecule has 1 saturated heterocycles. The van der Waals surface area contributed by atoms with Gasteiger partial charge in [-0.25, -0.2) is 0 Å². The average Bonchev–Trinajstić information content (AvgIpc) is 3.35. The molecule has 0 radical (unpaired) electrons. The zero-order valence-electron chi connectivity index (χ0n) is 16.3. The third kappa shape index (κ3) is 5.34. The van der Waals surface area contributed by atoms with Gasteiger partial charge in [0, 0.05) is 5.56 Å². The van der Waals surface area contributed by atoms with Crippen LogP contribution in [0.5, 0.6) is 0 Å². The van der Waals surface area contributed by atoms with Gasteiger partial charge in [0.15, 0.2) is 0 Å². The first-order valence-electron chi connectivity index (χ1n) is 10.3. The SMILES string of the molecule is CCCCCCCCc1ccc(-c2noc(C3CCCN3)n2)cc1C(F)(F)F. The van der Waals surface area contributed by atoms with Crippen molar-refractivity contribution in [2.75, 3.05) is 6.54 Å². The van der Waals surface area contributed by atoms with E-state index < -0.39 is 11.7 Å². The Hall–Kier alpha value is -1.89. The molecule has 1 aliphatic heterocycles. The fraction of sp³-hybridized carbons (Fsp3) is 0.619. The first kappa shape index (κ1) is 20.8. The topological polar surface area (TPSA) is 51.0 Å². The van der Waals surface area contributed by atoms with E-state index in [4.69, 9.17) is 4.52 Å². The van der Waals surface area contributed by atoms with E-state index in [1.54, 1.807) is 12.1 Å². The summed E-state index contributed by atoms with van der Waals surface area (Å²) in [5, 5.41) is 7.14. The molecule has 2 heterocycles. The molecule has 3 rings (SSSR count).